The number of rotatable bonds is 5. The lowest BCUT2D eigenvalue weighted by Crippen LogP contribution is -2.28. The molecule has 0 aliphatic heterocycles. The van der Waals surface area contributed by atoms with Gasteiger partial charge in [0, 0.05) is 23.7 Å². The second kappa shape index (κ2) is 7.64. The first-order valence-corrected chi connectivity index (χ1v) is 7.20. The Morgan fingerprint density at radius 1 is 1.14 bits per heavy atom. The highest BCUT2D eigenvalue weighted by Gasteiger charge is 2.05. The molecular formula is C15H12Cl2N4O. The molecule has 0 unspecified atom stereocenters. The average Bonchev–Trinajstić information content (AvgIpc) is 2.53. The summed E-state index contributed by atoms with van der Waals surface area (Å²) in [6.45, 7) is 0.881. The number of carbonyl (C=O) groups excluding carboxylic acids is 1. The summed E-state index contributed by atoms with van der Waals surface area (Å²) in [5, 5.41) is 15.5. The van der Waals surface area contributed by atoms with Crippen molar-refractivity contribution in [3.8, 4) is 6.07 Å². The summed E-state index contributed by atoms with van der Waals surface area (Å²) in [6.07, 6.45) is 0. The smallest absolute Gasteiger partial charge is 0.251 e. The van der Waals surface area contributed by atoms with Crippen LogP contribution in [0.1, 0.15) is 16.1 Å². The fourth-order valence-corrected chi connectivity index (χ4v) is 1.96. The van der Waals surface area contributed by atoms with Crippen LogP contribution in [0.3, 0.4) is 0 Å². The number of nitrogens with one attached hydrogen (secondary N) is 2. The number of nitriles is 1. The van der Waals surface area contributed by atoms with Crippen molar-refractivity contribution in [1.82, 2.24) is 10.3 Å². The van der Waals surface area contributed by atoms with E-state index in [-0.39, 0.29) is 11.6 Å². The predicted octanol–water partition coefficient (Wildman–Crippen LogP) is 3.10. The summed E-state index contributed by atoms with van der Waals surface area (Å²) in [5.41, 5.74) is 0.706. The van der Waals surface area contributed by atoms with Crippen molar-refractivity contribution in [3.05, 3.63) is 57.7 Å². The van der Waals surface area contributed by atoms with Gasteiger partial charge in [0.05, 0.1) is 5.02 Å². The van der Waals surface area contributed by atoms with Gasteiger partial charge in [0.2, 0.25) is 0 Å². The number of benzene rings is 1. The van der Waals surface area contributed by atoms with E-state index in [1.165, 1.54) is 0 Å². The van der Waals surface area contributed by atoms with E-state index in [4.69, 9.17) is 28.5 Å². The fraction of sp³-hybridized carbons (Fsp3) is 0.133. The Balaban J connectivity index is 1.81. The van der Waals surface area contributed by atoms with E-state index in [0.717, 1.165) is 0 Å². The number of aromatic nitrogens is 1. The lowest BCUT2D eigenvalue weighted by molar-refractivity contribution is 0.0955. The van der Waals surface area contributed by atoms with Gasteiger partial charge in [0.1, 0.15) is 11.9 Å². The normalized spacial score (nSPS) is 9.86. The van der Waals surface area contributed by atoms with E-state index < -0.39 is 0 Å². The number of hydrogen-bond acceptors (Lipinski definition) is 4. The lowest BCUT2D eigenvalue weighted by atomic mass is 10.2. The summed E-state index contributed by atoms with van der Waals surface area (Å²) < 4.78 is 0. The second-order valence-corrected chi connectivity index (χ2v) is 5.17. The molecule has 0 spiro atoms. The highest BCUT2D eigenvalue weighted by atomic mass is 35.5. The first-order valence-electron chi connectivity index (χ1n) is 6.44. The second-order valence-electron chi connectivity index (χ2n) is 4.33. The zero-order chi connectivity index (χ0) is 15.9. The van der Waals surface area contributed by atoms with Crippen molar-refractivity contribution in [3.63, 3.8) is 0 Å². The highest BCUT2D eigenvalue weighted by molar-refractivity contribution is 6.31. The van der Waals surface area contributed by atoms with Crippen molar-refractivity contribution in [2.24, 2.45) is 0 Å². The highest BCUT2D eigenvalue weighted by Crippen LogP contribution is 2.15. The molecule has 0 bridgehead atoms. The van der Waals surface area contributed by atoms with Gasteiger partial charge in [-0.05, 0) is 36.4 Å². The van der Waals surface area contributed by atoms with Gasteiger partial charge in [-0.25, -0.2) is 4.98 Å². The molecule has 22 heavy (non-hydrogen) atoms. The van der Waals surface area contributed by atoms with Crippen LogP contribution in [0.5, 0.6) is 0 Å². The minimum atomic E-state index is -0.180. The number of anilines is 1. The molecule has 1 amide bonds. The molecule has 5 nitrogen and oxygen atoms in total. The van der Waals surface area contributed by atoms with Crippen LogP contribution in [0, 0.1) is 11.3 Å². The molecule has 2 aromatic rings. The van der Waals surface area contributed by atoms with Crippen molar-refractivity contribution in [1.29, 1.82) is 5.26 Å². The SMILES string of the molecule is N#Cc1nc(NCCNC(=O)c2ccc(Cl)cc2)ccc1Cl. The molecule has 0 saturated carbocycles. The number of amides is 1. The first kappa shape index (κ1) is 16.1. The van der Waals surface area contributed by atoms with E-state index in [0.29, 0.717) is 34.5 Å². The molecule has 2 N–H and O–H groups in total. The van der Waals surface area contributed by atoms with Crippen LogP contribution in [0.25, 0.3) is 0 Å². The lowest BCUT2D eigenvalue weighted by Gasteiger charge is -2.08. The Kier molecular flexibility index (Phi) is 5.59. The number of pyridine rings is 1. The topological polar surface area (TPSA) is 77.8 Å². The van der Waals surface area contributed by atoms with Gasteiger partial charge in [-0.3, -0.25) is 4.79 Å². The van der Waals surface area contributed by atoms with Gasteiger partial charge in [-0.15, -0.1) is 0 Å². The van der Waals surface area contributed by atoms with Crippen LogP contribution in [0.2, 0.25) is 10.0 Å². The molecule has 112 valence electrons. The molecular weight excluding hydrogens is 323 g/mol. The van der Waals surface area contributed by atoms with Crippen LogP contribution in [-0.4, -0.2) is 24.0 Å². The summed E-state index contributed by atoms with van der Waals surface area (Å²) in [6, 6.07) is 11.8. The van der Waals surface area contributed by atoms with E-state index >= 15 is 0 Å². The van der Waals surface area contributed by atoms with Crippen molar-refractivity contribution >= 4 is 34.9 Å². The molecule has 0 saturated heterocycles. The Morgan fingerprint density at radius 2 is 1.86 bits per heavy atom. The Hall–Kier alpha value is -2.29. The summed E-state index contributed by atoms with van der Waals surface area (Å²) in [5.74, 6) is 0.349. The molecule has 0 aliphatic rings. The molecule has 7 heteroatoms. The third-order valence-electron chi connectivity index (χ3n) is 2.77. The summed E-state index contributed by atoms with van der Waals surface area (Å²) in [4.78, 5) is 15.9. The summed E-state index contributed by atoms with van der Waals surface area (Å²) in [7, 11) is 0. The number of nitrogens with zero attached hydrogens (tertiary/aromatic N) is 2. The van der Waals surface area contributed by atoms with Gasteiger partial charge < -0.3 is 10.6 Å². The Labute approximate surface area is 137 Å². The van der Waals surface area contributed by atoms with Crippen molar-refractivity contribution in [2.45, 2.75) is 0 Å². The molecule has 0 fully saturated rings. The first-order chi connectivity index (χ1) is 10.6. The molecule has 2 rings (SSSR count). The third-order valence-corrected chi connectivity index (χ3v) is 3.33. The average molecular weight is 335 g/mol. The van der Waals surface area contributed by atoms with Crippen LogP contribution >= 0.6 is 23.2 Å². The van der Waals surface area contributed by atoms with E-state index in [1.807, 2.05) is 6.07 Å². The number of hydrogen-bond donors (Lipinski definition) is 2. The van der Waals surface area contributed by atoms with E-state index in [2.05, 4.69) is 15.6 Å². The molecule has 1 aromatic carbocycles. The molecule has 0 atom stereocenters. The molecule has 1 heterocycles. The maximum absolute atomic E-state index is 11.9. The monoisotopic (exact) mass is 334 g/mol. The third kappa shape index (κ3) is 4.35. The van der Waals surface area contributed by atoms with Crippen LogP contribution in [-0.2, 0) is 0 Å². The number of carbonyl (C=O) groups is 1. The standard InChI is InChI=1S/C15H12Cl2N4O/c16-11-3-1-10(2-4-11)15(22)20-8-7-19-14-6-5-12(17)13(9-18)21-14/h1-6H,7-8H2,(H,19,21)(H,20,22). The van der Waals surface area contributed by atoms with E-state index in [9.17, 15) is 4.79 Å². The molecule has 1 aromatic heterocycles. The maximum Gasteiger partial charge on any atom is 0.251 e. The number of halogens is 2. The van der Waals surface area contributed by atoms with E-state index in [1.54, 1.807) is 36.4 Å². The van der Waals surface area contributed by atoms with Crippen LogP contribution in [0.4, 0.5) is 5.82 Å². The summed E-state index contributed by atoms with van der Waals surface area (Å²) >= 11 is 11.6. The van der Waals surface area contributed by atoms with Crippen LogP contribution in [0.15, 0.2) is 36.4 Å². The van der Waals surface area contributed by atoms with Crippen molar-refractivity contribution < 1.29 is 4.79 Å². The molecule has 0 radical (unpaired) electrons. The van der Waals surface area contributed by atoms with Gasteiger partial charge in [0.15, 0.2) is 5.69 Å². The van der Waals surface area contributed by atoms with Crippen molar-refractivity contribution in [2.75, 3.05) is 18.4 Å². The minimum Gasteiger partial charge on any atom is -0.368 e. The Bertz CT molecular complexity index is 710. The predicted molar refractivity (Wildman–Crippen MR) is 86.2 cm³/mol. The van der Waals surface area contributed by atoms with Gasteiger partial charge in [-0.2, -0.15) is 5.26 Å². The minimum absolute atomic E-state index is 0.164. The Morgan fingerprint density at radius 3 is 2.55 bits per heavy atom. The largest absolute Gasteiger partial charge is 0.368 e. The quantitative estimate of drug-likeness (QED) is 0.823. The van der Waals surface area contributed by atoms with Gasteiger partial charge in [0.25, 0.3) is 5.91 Å². The van der Waals surface area contributed by atoms with Gasteiger partial charge >= 0.3 is 0 Å². The molecule has 0 aliphatic carbocycles. The van der Waals surface area contributed by atoms with Crippen LogP contribution < -0.4 is 10.6 Å². The fourth-order valence-electron chi connectivity index (χ4n) is 1.69. The zero-order valence-electron chi connectivity index (χ0n) is 11.4. The maximum atomic E-state index is 11.9. The van der Waals surface area contributed by atoms with Gasteiger partial charge in [-0.1, -0.05) is 23.2 Å². The zero-order valence-corrected chi connectivity index (χ0v) is 12.9.